The van der Waals surface area contributed by atoms with Gasteiger partial charge in [-0.3, -0.25) is 4.79 Å². The molecule has 0 bridgehead atoms. The van der Waals surface area contributed by atoms with Crippen molar-refractivity contribution in [1.29, 1.82) is 0 Å². The van der Waals surface area contributed by atoms with E-state index < -0.39 is 5.97 Å². The van der Waals surface area contributed by atoms with Gasteiger partial charge in [0.2, 0.25) is 5.78 Å². The summed E-state index contributed by atoms with van der Waals surface area (Å²) in [6.07, 6.45) is 0. The minimum atomic E-state index is -0.628. The highest BCUT2D eigenvalue weighted by Gasteiger charge is 2.18. The summed E-state index contributed by atoms with van der Waals surface area (Å²) in [7, 11) is 0. The number of nitrogens with zero attached hydrogens (tertiary/aromatic N) is 1. The Balaban J connectivity index is 1.60. The van der Waals surface area contributed by atoms with Crippen molar-refractivity contribution in [3.05, 3.63) is 81.0 Å². The first kappa shape index (κ1) is 21.1. The summed E-state index contributed by atoms with van der Waals surface area (Å²) in [6, 6.07) is 16.5. The molecule has 3 aromatic rings. The summed E-state index contributed by atoms with van der Waals surface area (Å²) in [4.78, 5) is 24.5. The molecule has 29 heavy (non-hydrogen) atoms. The van der Waals surface area contributed by atoms with Gasteiger partial charge in [-0.05, 0) is 66.2 Å². The molecule has 150 valence electrons. The maximum atomic E-state index is 12.6. The van der Waals surface area contributed by atoms with Crippen LogP contribution in [-0.4, -0.2) is 29.5 Å². The smallest absolute Gasteiger partial charge is 0.344 e. The van der Waals surface area contributed by atoms with E-state index in [1.165, 1.54) is 0 Å². The van der Waals surface area contributed by atoms with Crippen LogP contribution in [0.5, 0.6) is 5.75 Å². The molecule has 0 amide bonds. The number of carbonyl (C=O) groups excluding carboxylic acids is 2. The Morgan fingerprint density at radius 1 is 1.03 bits per heavy atom. The second-order valence-corrected chi connectivity index (χ2v) is 7.69. The van der Waals surface area contributed by atoms with Gasteiger partial charge in [0, 0.05) is 27.7 Å². The molecule has 7 heteroatoms. The number of ketones is 1. The van der Waals surface area contributed by atoms with Gasteiger partial charge in [0.05, 0.1) is 4.47 Å². The van der Waals surface area contributed by atoms with E-state index in [0.29, 0.717) is 20.8 Å². The second kappa shape index (κ2) is 9.29. The van der Waals surface area contributed by atoms with Crippen molar-refractivity contribution in [3.63, 3.8) is 0 Å². The third kappa shape index (κ3) is 5.08. The van der Waals surface area contributed by atoms with Gasteiger partial charge in [0.25, 0.3) is 0 Å². The molecule has 1 aromatic heterocycles. The zero-order valence-electron chi connectivity index (χ0n) is 15.9. The summed E-state index contributed by atoms with van der Waals surface area (Å²) >= 11 is 9.18. The summed E-state index contributed by atoms with van der Waals surface area (Å²) in [6.45, 7) is 3.15. The number of benzene rings is 2. The quantitative estimate of drug-likeness (QED) is 0.342. The number of aryl methyl sites for hydroxylation is 1. The minimum absolute atomic E-state index is 0.263. The maximum absolute atomic E-state index is 12.6. The summed E-state index contributed by atoms with van der Waals surface area (Å²) in [5.74, 6) is -0.428. The molecule has 0 fully saturated rings. The predicted molar refractivity (Wildman–Crippen MR) is 115 cm³/mol. The molecule has 0 N–H and O–H groups in total. The number of rotatable bonds is 7. The van der Waals surface area contributed by atoms with Crippen molar-refractivity contribution in [1.82, 2.24) is 4.57 Å². The molecule has 5 nitrogen and oxygen atoms in total. The molecule has 0 atom stereocenters. The van der Waals surface area contributed by atoms with E-state index in [1.807, 2.05) is 48.7 Å². The van der Waals surface area contributed by atoms with Gasteiger partial charge in [-0.2, -0.15) is 0 Å². The SMILES string of the molecule is Cc1cc(C(=O)COC(=O)COc2ccc(Cl)cc2Br)c(C)n1-c1ccccc1. The molecule has 0 aliphatic heterocycles. The van der Waals surface area contributed by atoms with Crippen LogP contribution in [0, 0.1) is 13.8 Å². The van der Waals surface area contributed by atoms with E-state index in [1.54, 1.807) is 24.3 Å². The minimum Gasteiger partial charge on any atom is -0.481 e. The lowest BCUT2D eigenvalue weighted by Crippen LogP contribution is -2.20. The molecule has 0 spiro atoms. The average Bonchev–Trinajstić information content (AvgIpc) is 3.00. The molecular weight excluding hydrogens is 458 g/mol. The van der Waals surface area contributed by atoms with Gasteiger partial charge in [0.15, 0.2) is 13.2 Å². The van der Waals surface area contributed by atoms with Gasteiger partial charge >= 0.3 is 5.97 Å². The fraction of sp³-hybridized carbons (Fsp3) is 0.182. The van der Waals surface area contributed by atoms with Crippen LogP contribution in [0.15, 0.2) is 59.1 Å². The number of Topliss-reactive ketones (excluding diaryl/α,β-unsaturated/α-hetero) is 1. The number of hydrogen-bond acceptors (Lipinski definition) is 4. The van der Waals surface area contributed by atoms with E-state index >= 15 is 0 Å². The zero-order valence-corrected chi connectivity index (χ0v) is 18.3. The fourth-order valence-electron chi connectivity index (χ4n) is 3.01. The van der Waals surface area contributed by atoms with Crippen molar-refractivity contribution in [2.24, 2.45) is 0 Å². The number of carbonyl (C=O) groups is 2. The standard InChI is InChI=1S/C22H19BrClNO4/c1-14-10-18(15(2)25(14)17-6-4-3-5-7-17)20(26)12-29-22(27)13-28-21-9-8-16(24)11-19(21)23/h3-11H,12-13H2,1-2H3. The predicted octanol–water partition coefficient (Wildman–Crippen LogP) is 5.31. The Morgan fingerprint density at radius 3 is 2.45 bits per heavy atom. The Kier molecular flexibility index (Phi) is 6.77. The molecule has 0 saturated carbocycles. The molecule has 2 aromatic carbocycles. The highest BCUT2D eigenvalue weighted by atomic mass is 79.9. The molecule has 0 aliphatic carbocycles. The van der Waals surface area contributed by atoms with Gasteiger partial charge in [-0.15, -0.1) is 0 Å². The normalized spacial score (nSPS) is 10.6. The Labute approximate surface area is 182 Å². The summed E-state index contributed by atoms with van der Waals surface area (Å²) in [5.41, 5.74) is 3.23. The number of hydrogen-bond donors (Lipinski definition) is 0. The van der Waals surface area contributed by atoms with Crippen LogP contribution in [0.25, 0.3) is 5.69 Å². The first-order valence-corrected chi connectivity index (χ1v) is 10.0. The van der Waals surface area contributed by atoms with Crippen molar-refractivity contribution >= 4 is 39.3 Å². The summed E-state index contributed by atoms with van der Waals surface area (Å²) in [5, 5.41) is 0.547. The van der Waals surface area contributed by atoms with Gasteiger partial charge < -0.3 is 14.0 Å². The van der Waals surface area contributed by atoms with Crippen LogP contribution >= 0.6 is 27.5 Å². The largest absolute Gasteiger partial charge is 0.481 e. The number of esters is 1. The molecule has 1 heterocycles. The average molecular weight is 477 g/mol. The number of halogens is 2. The molecule has 0 aliphatic rings. The second-order valence-electron chi connectivity index (χ2n) is 6.40. The van der Waals surface area contributed by atoms with E-state index in [-0.39, 0.29) is 19.0 Å². The third-order valence-electron chi connectivity index (χ3n) is 4.35. The van der Waals surface area contributed by atoms with Gasteiger partial charge in [-0.1, -0.05) is 29.8 Å². The Hall–Kier alpha value is -2.57. The van der Waals surface area contributed by atoms with Crippen molar-refractivity contribution in [3.8, 4) is 11.4 Å². The van der Waals surface area contributed by atoms with Crippen LogP contribution in [-0.2, 0) is 9.53 Å². The van der Waals surface area contributed by atoms with Crippen LogP contribution in [0.1, 0.15) is 21.7 Å². The highest BCUT2D eigenvalue weighted by molar-refractivity contribution is 9.10. The monoisotopic (exact) mass is 475 g/mol. The van der Waals surface area contributed by atoms with Crippen LogP contribution < -0.4 is 4.74 Å². The van der Waals surface area contributed by atoms with E-state index in [2.05, 4.69) is 15.9 Å². The number of ether oxygens (including phenoxy) is 2. The molecule has 0 saturated heterocycles. The third-order valence-corrected chi connectivity index (χ3v) is 5.20. The van der Waals surface area contributed by atoms with Crippen molar-refractivity contribution < 1.29 is 19.1 Å². The Bertz CT molecular complexity index is 1050. The Morgan fingerprint density at radius 2 is 1.76 bits per heavy atom. The lowest BCUT2D eigenvalue weighted by Gasteiger charge is -2.10. The van der Waals surface area contributed by atoms with Crippen molar-refractivity contribution in [2.45, 2.75) is 13.8 Å². The topological polar surface area (TPSA) is 57.5 Å². The maximum Gasteiger partial charge on any atom is 0.344 e. The van der Waals surface area contributed by atoms with Crippen LogP contribution in [0.2, 0.25) is 5.02 Å². The zero-order chi connectivity index (χ0) is 21.0. The number of aromatic nitrogens is 1. The first-order chi connectivity index (χ1) is 13.9. The fourth-order valence-corrected chi connectivity index (χ4v) is 3.81. The highest BCUT2D eigenvalue weighted by Crippen LogP contribution is 2.28. The van der Waals surface area contributed by atoms with Gasteiger partial charge in [-0.25, -0.2) is 4.79 Å². The molecule has 3 rings (SSSR count). The van der Waals surface area contributed by atoms with E-state index in [0.717, 1.165) is 17.1 Å². The molecule has 0 radical (unpaired) electrons. The summed E-state index contributed by atoms with van der Waals surface area (Å²) < 4.78 is 13.1. The molecule has 0 unspecified atom stereocenters. The van der Waals surface area contributed by atoms with Crippen molar-refractivity contribution in [2.75, 3.05) is 13.2 Å². The van der Waals surface area contributed by atoms with Gasteiger partial charge in [0.1, 0.15) is 5.75 Å². The lowest BCUT2D eigenvalue weighted by molar-refractivity contribution is -0.144. The van der Waals surface area contributed by atoms with E-state index in [9.17, 15) is 9.59 Å². The van der Waals surface area contributed by atoms with Crippen LogP contribution in [0.4, 0.5) is 0 Å². The van der Waals surface area contributed by atoms with Crippen LogP contribution in [0.3, 0.4) is 0 Å². The van der Waals surface area contributed by atoms with E-state index in [4.69, 9.17) is 21.1 Å². The lowest BCUT2D eigenvalue weighted by atomic mass is 10.1. The molecular formula is C22H19BrClNO4. The number of para-hydroxylation sites is 1. The first-order valence-electron chi connectivity index (χ1n) is 8.88.